The van der Waals surface area contributed by atoms with E-state index in [1.165, 1.54) is 161 Å². The summed E-state index contributed by atoms with van der Waals surface area (Å²) in [5.41, 5.74) is 0. The lowest BCUT2D eigenvalue weighted by molar-refractivity contribution is -0.167. The van der Waals surface area contributed by atoms with E-state index >= 15 is 0 Å². The maximum absolute atomic E-state index is 12.7. The molecule has 0 radical (unpaired) electrons. The topological polar surface area (TPSA) is 78.9 Å². The number of ether oxygens (including phenoxy) is 3. The normalized spacial score (nSPS) is 12.6. The van der Waals surface area contributed by atoms with Gasteiger partial charge in [-0.2, -0.15) is 0 Å². The number of esters is 3. The van der Waals surface area contributed by atoms with Crippen molar-refractivity contribution >= 4 is 17.9 Å². The highest BCUT2D eigenvalue weighted by atomic mass is 16.6. The van der Waals surface area contributed by atoms with Gasteiger partial charge in [-0.05, 0) is 37.0 Å². The van der Waals surface area contributed by atoms with E-state index < -0.39 is 6.10 Å². The summed E-state index contributed by atoms with van der Waals surface area (Å²) in [4.78, 5) is 37.8. The van der Waals surface area contributed by atoms with Gasteiger partial charge >= 0.3 is 17.9 Å². The highest BCUT2D eigenvalue weighted by Gasteiger charge is 2.19. The van der Waals surface area contributed by atoms with E-state index in [2.05, 4.69) is 41.5 Å². The molecule has 1 unspecified atom stereocenters. The molecule has 0 saturated carbocycles. The molecule has 0 aromatic heterocycles. The van der Waals surface area contributed by atoms with Crippen molar-refractivity contribution in [1.29, 1.82) is 0 Å². The molecular formula is C52H100O6. The van der Waals surface area contributed by atoms with Gasteiger partial charge in [-0.1, -0.05) is 241 Å². The summed E-state index contributed by atoms with van der Waals surface area (Å²) in [6.07, 6.45) is 42.4. The van der Waals surface area contributed by atoms with Crippen LogP contribution in [0.1, 0.15) is 279 Å². The fourth-order valence-corrected chi connectivity index (χ4v) is 7.73. The van der Waals surface area contributed by atoms with Crippen molar-refractivity contribution in [2.45, 2.75) is 285 Å². The van der Waals surface area contributed by atoms with Crippen LogP contribution in [0.15, 0.2) is 0 Å². The fraction of sp³-hybridized carbons (Fsp3) is 0.942. The Kier molecular flexibility index (Phi) is 42.3. The summed E-state index contributed by atoms with van der Waals surface area (Å²) < 4.78 is 16.8. The van der Waals surface area contributed by atoms with Crippen LogP contribution >= 0.6 is 0 Å². The third-order valence-electron chi connectivity index (χ3n) is 12.0. The Balaban J connectivity index is 4.23. The number of carbonyl (C=O) groups is 3. The third-order valence-corrected chi connectivity index (χ3v) is 12.0. The lowest BCUT2D eigenvalue weighted by atomic mass is 10.00. The van der Waals surface area contributed by atoms with E-state index in [4.69, 9.17) is 14.2 Å². The molecule has 58 heavy (non-hydrogen) atoms. The molecule has 0 spiro atoms. The summed E-state index contributed by atoms with van der Waals surface area (Å²) in [6, 6.07) is 0. The van der Waals surface area contributed by atoms with E-state index in [9.17, 15) is 14.4 Å². The van der Waals surface area contributed by atoms with E-state index in [0.717, 1.165) is 75.5 Å². The fourth-order valence-electron chi connectivity index (χ4n) is 7.73. The van der Waals surface area contributed by atoms with Gasteiger partial charge in [0.1, 0.15) is 13.2 Å². The zero-order chi connectivity index (χ0) is 42.7. The lowest BCUT2D eigenvalue weighted by Gasteiger charge is -2.18. The van der Waals surface area contributed by atoms with Crippen molar-refractivity contribution in [3.05, 3.63) is 0 Å². The van der Waals surface area contributed by atoms with Gasteiger partial charge in [-0.15, -0.1) is 0 Å². The molecule has 0 bridgehead atoms. The smallest absolute Gasteiger partial charge is 0.306 e. The number of carbonyl (C=O) groups excluding carboxylic acids is 3. The summed E-state index contributed by atoms with van der Waals surface area (Å²) in [5.74, 6) is 1.60. The van der Waals surface area contributed by atoms with Crippen LogP contribution in [0.25, 0.3) is 0 Å². The summed E-state index contributed by atoms with van der Waals surface area (Å²) in [7, 11) is 0. The zero-order valence-corrected chi connectivity index (χ0v) is 39.8. The zero-order valence-electron chi connectivity index (χ0n) is 39.8. The van der Waals surface area contributed by atoms with E-state index in [1.807, 2.05) is 0 Å². The number of unbranched alkanes of at least 4 members (excludes halogenated alkanes) is 27. The van der Waals surface area contributed by atoms with Gasteiger partial charge in [-0.3, -0.25) is 14.4 Å². The molecule has 2 atom stereocenters. The molecule has 0 heterocycles. The minimum Gasteiger partial charge on any atom is -0.462 e. The van der Waals surface area contributed by atoms with Gasteiger partial charge in [0.25, 0.3) is 0 Å². The number of hydrogen-bond acceptors (Lipinski definition) is 6. The Bertz CT molecular complexity index is 900. The largest absolute Gasteiger partial charge is 0.462 e. The molecule has 0 aliphatic carbocycles. The first-order valence-corrected chi connectivity index (χ1v) is 25.6. The van der Waals surface area contributed by atoms with Crippen molar-refractivity contribution in [3.63, 3.8) is 0 Å². The highest BCUT2D eigenvalue weighted by Crippen LogP contribution is 2.18. The minimum atomic E-state index is -0.763. The minimum absolute atomic E-state index is 0.0658. The molecule has 0 saturated heterocycles. The van der Waals surface area contributed by atoms with Crippen molar-refractivity contribution in [2.75, 3.05) is 13.2 Å². The molecule has 0 N–H and O–H groups in total. The summed E-state index contributed by atoms with van der Waals surface area (Å²) in [5, 5.41) is 0. The highest BCUT2D eigenvalue weighted by molar-refractivity contribution is 5.71. The van der Waals surface area contributed by atoms with E-state index in [1.54, 1.807) is 0 Å². The molecule has 0 aromatic rings. The van der Waals surface area contributed by atoms with Crippen molar-refractivity contribution < 1.29 is 28.6 Å². The molecule has 0 aromatic carbocycles. The molecule has 0 rings (SSSR count). The van der Waals surface area contributed by atoms with Crippen molar-refractivity contribution in [3.8, 4) is 0 Å². The second-order valence-corrected chi connectivity index (χ2v) is 19.0. The van der Waals surface area contributed by atoms with E-state index in [-0.39, 0.29) is 31.1 Å². The van der Waals surface area contributed by atoms with Crippen LogP contribution in [-0.2, 0) is 28.6 Å². The maximum Gasteiger partial charge on any atom is 0.306 e. The first kappa shape index (κ1) is 56.4. The van der Waals surface area contributed by atoms with Crippen molar-refractivity contribution in [2.24, 2.45) is 17.8 Å². The number of rotatable bonds is 45. The molecule has 6 heteroatoms. The van der Waals surface area contributed by atoms with Crippen LogP contribution in [0.3, 0.4) is 0 Å². The second-order valence-electron chi connectivity index (χ2n) is 19.0. The average molecular weight is 821 g/mol. The molecule has 0 aliphatic rings. The quantitative estimate of drug-likeness (QED) is 0.0346. The number of hydrogen-bond donors (Lipinski definition) is 0. The predicted molar refractivity (Wildman–Crippen MR) is 247 cm³/mol. The molecule has 344 valence electrons. The first-order chi connectivity index (χ1) is 28.1. The van der Waals surface area contributed by atoms with Gasteiger partial charge in [0.05, 0.1) is 0 Å². The molecule has 0 amide bonds. The Hall–Kier alpha value is -1.59. The molecule has 0 aliphatic heterocycles. The molecule has 0 fully saturated rings. The Morgan fingerprint density at radius 2 is 0.603 bits per heavy atom. The third kappa shape index (κ3) is 44.0. The Morgan fingerprint density at radius 1 is 0.345 bits per heavy atom. The second kappa shape index (κ2) is 43.5. The standard InChI is InChI=1S/C52H100O6/c1-7-48(6)40-34-28-24-25-31-37-43-52(55)58-49(45-57-51(54)42-36-30-23-19-18-21-27-33-39-47(4)5)44-56-50(53)41-35-29-22-17-15-13-11-9-8-10-12-14-16-20-26-32-38-46(2)3/h46-49H,7-45H2,1-6H3/t48?,49-/m0/s1. The van der Waals surface area contributed by atoms with Crippen LogP contribution in [0.2, 0.25) is 0 Å². The molecule has 6 nitrogen and oxygen atoms in total. The van der Waals surface area contributed by atoms with Crippen molar-refractivity contribution in [1.82, 2.24) is 0 Å². The SMILES string of the molecule is CCC(C)CCCCCCCCC(=O)O[C@@H](COC(=O)CCCCCCCCCCCCCCCCCCC(C)C)COC(=O)CCCCCCCCCCC(C)C. The monoisotopic (exact) mass is 821 g/mol. The average Bonchev–Trinajstić information content (AvgIpc) is 3.19. The van der Waals surface area contributed by atoms with Crippen LogP contribution < -0.4 is 0 Å². The first-order valence-electron chi connectivity index (χ1n) is 25.6. The van der Waals surface area contributed by atoms with Crippen LogP contribution in [0.5, 0.6) is 0 Å². The van der Waals surface area contributed by atoms with Crippen LogP contribution in [0.4, 0.5) is 0 Å². The van der Waals surface area contributed by atoms with Gasteiger partial charge in [0, 0.05) is 19.3 Å². The van der Waals surface area contributed by atoms with Gasteiger partial charge in [0.2, 0.25) is 0 Å². The maximum atomic E-state index is 12.7. The Labute approximate surface area is 361 Å². The van der Waals surface area contributed by atoms with Gasteiger partial charge in [-0.25, -0.2) is 0 Å². The van der Waals surface area contributed by atoms with E-state index in [0.29, 0.717) is 19.3 Å². The van der Waals surface area contributed by atoms with Gasteiger partial charge in [0.15, 0.2) is 6.10 Å². The molecular weight excluding hydrogens is 721 g/mol. The Morgan fingerprint density at radius 3 is 0.897 bits per heavy atom. The summed E-state index contributed by atoms with van der Waals surface area (Å²) in [6.45, 7) is 13.7. The lowest BCUT2D eigenvalue weighted by Crippen LogP contribution is -2.30. The van der Waals surface area contributed by atoms with Crippen LogP contribution in [-0.4, -0.2) is 37.2 Å². The van der Waals surface area contributed by atoms with Crippen LogP contribution in [0, 0.1) is 17.8 Å². The van der Waals surface area contributed by atoms with Gasteiger partial charge < -0.3 is 14.2 Å². The predicted octanol–water partition coefficient (Wildman–Crippen LogP) is 16.4. The summed E-state index contributed by atoms with van der Waals surface area (Å²) >= 11 is 0.